The van der Waals surface area contributed by atoms with E-state index in [1.54, 1.807) is 5.40 Å². The van der Waals surface area contributed by atoms with Crippen LogP contribution in [0.3, 0.4) is 0 Å². The summed E-state index contributed by atoms with van der Waals surface area (Å²) in [6.07, 6.45) is 0. The van der Waals surface area contributed by atoms with Crippen molar-refractivity contribution in [2.24, 2.45) is 0 Å². The first-order valence-electron chi connectivity index (χ1n) is 3.22. The van der Waals surface area contributed by atoms with Gasteiger partial charge in [0.25, 0.3) is 0 Å². The van der Waals surface area contributed by atoms with Crippen molar-refractivity contribution in [1.82, 2.24) is 5.32 Å². The molecule has 5 nitrogen and oxygen atoms in total. The maximum absolute atomic E-state index is 10.9. The number of carbonyl (C=O) groups excluding carboxylic acids is 2. The molecule has 13 heavy (non-hydrogen) atoms. The second-order valence-electron chi connectivity index (χ2n) is 1.91. The lowest BCUT2D eigenvalue weighted by Crippen LogP contribution is -2.25. The Labute approximate surface area is 79.7 Å². The molecule has 0 saturated carbocycles. The van der Waals surface area contributed by atoms with E-state index in [-0.39, 0.29) is 5.70 Å². The number of thioether (sulfide) groups is 1. The van der Waals surface area contributed by atoms with Crippen LogP contribution < -0.4 is 5.32 Å². The molecule has 0 unspecified atom stereocenters. The minimum absolute atomic E-state index is 0.0402. The number of amides is 1. The number of hydrogen-bond donors (Lipinski definition) is 1. The molecular weight excluding hydrogens is 192 g/mol. The fourth-order valence-corrected chi connectivity index (χ4v) is 0.839. The second-order valence-corrected chi connectivity index (χ2v) is 2.57. The second kappa shape index (κ2) is 6.08. The molecule has 0 aliphatic carbocycles. The molecule has 1 amide bonds. The van der Waals surface area contributed by atoms with Gasteiger partial charge in [0.15, 0.2) is 0 Å². The smallest absolute Gasteiger partial charge is 0.355 e. The number of rotatable bonds is 3. The Morgan fingerprint density at radius 1 is 1.62 bits per heavy atom. The number of ether oxygens (including phenoxy) is 1. The van der Waals surface area contributed by atoms with Crippen LogP contribution in [0.2, 0.25) is 0 Å². The van der Waals surface area contributed by atoms with Crippen molar-refractivity contribution in [1.29, 1.82) is 5.26 Å². The van der Waals surface area contributed by atoms with E-state index < -0.39 is 11.9 Å². The van der Waals surface area contributed by atoms with Crippen molar-refractivity contribution in [2.75, 3.05) is 7.11 Å². The molecule has 0 aromatic carbocycles. The number of methoxy groups -OCH3 is 1. The van der Waals surface area contributed by atoms with Crippen LogP contribution in [0.4, 0.5) is 0 Å². The van der Waals surface area contributed by atoms with Crippen LogP contribution in [0.25, 0.3) is 0 Å². The maximum Gasteiger partial charge on any atom is 0.355 e. The Morgan fingerprint density at radius 3 is 2.62 bits per heavy atom. The quantitative estimate of drug-likeness (QED) is 0.404. The summed E-state index contributed by atoms with van der Waals surface area (Å²) in [5.41, 5.74) is -0.0402. The summed E-state index contributed by atoms with van der Waals surface area (Å²) >= 11 is 0.730. The van der Waals surface area contributed by atoms with E-state index in [0.717, 1.165) is 11.8 Å². The summed E-state index contributed by atoms with van der Waals surface area (Å²) in [4.78, 5) is 21.5. The van der Waals surface area contributed by atoms with Crippen LogP contribution >= 0.6 is 11.8 Å². The van der Waals surface area contributed by atoms with Gasteiger partial charge in [0, 0.05) is 12.3 Å². The third-order valence-corrected chi connectivity index (χ3v) is 1.40. The van der Waals surface area contributed by atoms with Crippen LogP contribution in [0.1, 0.15) is 6.92 Å². The molecule has 70 valence electrons. The van der Waals surface area contributed by atoms with E-state index in [4.69, 9.17) is 5.26 Å². The maximum atomic E-state index is 10.9. The van der Waals surface area contributed by atoms with Gasteiger partial charge in [-0.3, -0.25) is 4.79 Å². The fraction of sp³-hybridized carbons (Fsp3) is 0.286. The number of thiocyanates is 1. The zero-order chi connectivity index (χ0) is 10.3. The molecule has 0 saturated heterocycles. The van der Waals surface area contributed by atoms with Gasteiger partial charge < -0.3 is 10.1 Å². The molecule has 0 heterocycles. The average molecular weight is 200 g/mol. The van der Waals surface area contributed by atoms with E-state index in [1.165, 1.54) is 19.4 Å². The van der Waals surface area contributed by atoms with Crippen molar-refractivity contribution in [3.63, 3.8) is 0 Å². The van der Waals surface area contributed by atoms with Crippen LogP contribution in [0.5, 0.6) is 0 Å². The summed E-state index contributed by atoms with van der Waals surface area (Å²) in [7, 11) is 1.19. The van der Waals surface area contributed by atoms with Gasteiger partial charge in [-0.15, -0.1) is 0 Å². The predicted octanol–water partition coefficient (Wildman–Crippen LogP) is 0.351. The zero-order valence-corrected chi connectivity index (χ0v) is 7.97. The van der Waals surface area contributed by atoms with Crippen LogP contribution in [-0.2, 0) is 14.3 Å². The lowest BCUT2D eigenvalue weighted by atomic mass is 10.5. The molecule has 0 spiro atoms. The van der Waals surface area contributed by atoms with Gasteiger partial charge in [-0.1, -0.05) is 0 Å². The van der Waals surface area contributed by atoms with Gasteiger partial charge in [-0.05, 0) is 11.8 Å². The molecule has 0 atom stereocenters. The molecule has 0 radical (unpaired) electrons. The lowest BCUT2D eigenvalue weighted by Gasteiger charge is -2.03. The Kier molecular flexibility index (Phi) is 5.39. The monoisotopic (exact) mass is 200 g/mol. The van der Waals surface area contributed by atoms with E-state index in [2.05, 4.69) is 10.1 Å². The Morgan fingerprint density at radius 2 is 2.23 bits per heavy atom. The highest BCUT2D eigenvalue weighted by Crippen LogP contribution is 2.04. The van der Waals surface area contributed by atoms with Crippen molar-refractivity contribution in [3.8, 4) is 5.40 Å². The summed E-state index contributed by atoms with van der Waals surface area (Å²) < 4.78 is 4.37. The van der Waals surface area contributed by atoms with E-state index in [0.29, 0.717) is 0 Å². The number of nitriles is 1. The highest BCUT2D eigenvalue weighted by molar-refractivity contribution is 8.06. The third-order valence-electron chi connectivity index (χ3n) is 0.945. The molecule has 0 aliphatic heterocycles. The normalized spacial score (nSPS) is 10.1. The topological polar surface area (TPSA) is 79.2 Å². The average Bonchev–Trinajstić information content (AvgIpc) is 2.10. The minimum atomic E-state index is -0.682. The van der Waals surface area contributed by atoms with Gasteiger partial charge in [-0.2, -0.15) is 5.26 Å². The largest absolute Gasteiger partial charge is 0.464 e. The van der Waals surface area contributed by atoms with Gasteiger partial charge in [0.05, 0.1) is 7.11 Å². The Bertz CT molecular complexity index is 280. The number of carbonyl (C=O) groups is 2. The van der Waals surface area contributed by atoms with E-state index >= 15 is 0 Å². The third kappa shape index (κ3) is 4.87. The SMILES string of the molecule is COC(=O)/C(=C\SC#N)NC(C)=O. The summed E-state index contributed by atoms with van der Waals surface area (Å²) in [6.45, 7) is 1.26. The summed E-state index contributed by atoms with van der Waals surface area (Å²) in [5.74, 6) is -1.08. The van der Waals surface area contributed by atoms with Crippen LogP contribution in [0, 0.1) is 10.7 Å². The number of nitrogens with one attached hydrogen (secondary N) is 1. The Hall–Kier alpha value is -1.48. The first-order valence-corrected chi connectivity index (χ1v) is 4.10. The molecule has 0 aromatic rings. The molecule has 0 fully saturated rings. The fourth-order valence-electron chi connectivity index (χ4n) is 0.513. The van der Waals surface area contributed by atoms with Crippen molar-refractivity contribution in [3.05, 3.63) is 11.1 Å². The van der Waals surface area contributed by atoms with Gasteiger partial charge in [-0.25, -0.2) is 4.79 Å². The Balaban J connectivity index is 4.46. The van der Waals surface area contributed by atoms with Crippen molar-refractivity contribution < 1.29 is 14.3 Å². The molecular formula is C7H8N2O3S. The first kappa shape index (κ1) is 11.5. The van der Waals surface area contributed by atoms with Gasteiger partial charge in [0.1, 0.15) is 11.1 Å². The van der Waals surface area contributed by atoms with Gasteiger partial charge in [0.2, 0.25) is 5.91 Å². The van der Waals surface area contributed by atoms with Crippen molar-refractivity contribution >= 4 is 23.6 Å². The molecule has 0 aliphatic rings. The molecule has 1 N–H and O–H groups in total. The first-order chi connectivity index (χ1) is 6.11. The molecule has 0 bridgehead atoms. The minimum Gasteiger partial charge on any atom is -0.464 e. The zero-order valence-electron chi connectivity index (χ0n) is 7.16. The molecule has 0 rings (SSSR count). The lowest BCUT2D eigenvalue weighted by molar-refractivity contribution is -0.137. The molecule has 0 aromatic heterocycles. The summed E-state index contributed by atoms with van der Waals surface area (Å²) in [6, 6.07) is 0. The highest BCUT2D eigenvalue weighted by atomic mass is 32.2. The number of nitrogens with zero attached hydrogens (tertiary/aromatic N) is 1. The highest BCUT2D eigenvalue weighted by Gasteiger charge is 2.10. The summed E-state index contributed by atoms with van der Waals surface area (Å²) in [5, 5.41) is 13.4. The van der Waals surface area contributed by atoms with Crippen LogP contribution in [-0.4, -0.2) is 19.0 Å². The number of esters is 1. The van der Waals surface area contributed by atoms with Crippen LogP contribution in [0.15, 0.2) is 11.1 Å². The standard InChI is InChI=1S/C7H8N2O3S/c1-5(10)9-6(3-13-4-8)7(11)12-2/h3H,1-2H3,(H,9,10)/b6-3+. The van der Waals surface area contributed by atoms with E-state index in [9.17, 15) is 9.59 Å². The number of hydrogen-bond acceptors (Lipinski definition) is 5. The predicted molar refractivity (Wildman–Crippen MR) is 47.1 cm³/mol. The van der Waals surface area contributed by atoms with E-state index in [1.807, 2.05) is 0 Å². The van der Waals surface area contributed by atoms with Crippen molar-refractivity contribution in [2.45, 2.75) is 6.92 Å². The van der Waals surface area contributed by atoms with Gasteiger partial charge >= 0.3 is 5.97 Å². The molecule has 6 heteroatoms.